The van der Waals surface area contributed by atoms with Crippen LogP contribution in [0.15, 0.2) is 71.8 Å². The molecule has 2 aromatic carbocycles. The monoisotopic (exact) mass is 518 g/mol. The van der Waals surface area contributed by atoms with Gasteiger partial charge in [0.1, 0.15) is 17.4 Å². The summed E-state index contributed by atoms with van der Waals surface area (Å²) in [7, 11) is 0. The number of esters is 1. The molecule has 1 heterocycles. The van der Waals surface area contributed by atoms with Crippen molar-refractivity contribution in [2.75, 3.05) is 6.61 Å². The molecule has 0 aliphatic heterocycles. The topological polar surface area (TPSA) is 74.4 Å². The molecule has 0 saturated carbocycles. The fourth-order valence-corrected chi connectivity index (χ4v) is 5.13. The number of rotatable bonds is 12. The maximum Gasteiger partial charge on any atom is 0.333 e. The zero-order chi connectivity index (χ0) is 26.8. The number of hydrogen-bond acceptors (Lipinski definition) is 6. The number of thiazole rings is 1. The summed E-state index contributed by atoms with van der Waals surface area (Å²) >= 11 is 1.68. The average molecular weight is 519 g/mol. The molecule has 0 aliphatic rings. The zero-order valence-electron chi connectivity index (χ0n) is 22.5. The SMILES string of the molecule is CCOC(=O)/C(C)=C\C(C)=C\c1nc([C@@H](N)Cc2ccc(OCc3ccccc3)cc2)sc1CC(C)C. The van der Waals surface area contributed by atoms with Gasteiger partial charge in [0.2, 0.25) is 0 Å². The maximum atomic E-state index is 12.0. The number of aromatic nitrogens is 1. The Labute approximate surface area is 225 Å². The van der Waals surface area contributed by atoms with E-state index in [4.69, 9.17) is 20.2 Å². The Morgan fingerprint density at radius 1 is 1.03 bits per heavy atom. The molecule has 196 valence electrons. The third kappa shape index (κ3) is 8.99. The summed E-state index contributed by atoms with van der Waals surface area (Å²) in [5.74, 6) is 1.04. The highest BCUT2D eigenvalue weighted by atomic mass is 32.1. The molecule has 1 aromatic heterocycles. The van der Waals surface area contributed by atoms with E-state index < -0.39 is 0 Å². The molecular weight excluding hydrogens is 480 g/mol. The Bertz CT molecular complexity index is 1210. The predicted molar refractivity (Wildman–Crippen MR) is 153 cm³/mol. The number of carbonyl (C=O) groups excluding carboxylic acids is 1. The number of carbonyl (C=O) groups is 1. The summed E-state index contributed by atoms with van der Waals surface area (Å²) in [5, 5.41) is 0.921. The van der Waals surface area contributed by atoms with Crippen LogP contribution in [0.2, 0.25) is 0 Å². The minimum Gasteiger partial charge on any atom is -0.489 e. The van der Waals surface area contributed by atoms with Crippen molar-refractivity contribution < 1.29 is 14.3 Å². The molecule has 2 N–H and O–H groups in total. The van der Waals surface area contributed by atoms with Crippen LogP contribution >= 0.6 is 11.3 Å². The highest BCUT2D eigenvalue weighted by molar-refractivity contribution is 7.11. The molecule has 0 spiro atoms. The number of nitrogens with two attached hydrogens (primary N) is 1. The van der Waals surface area contributed by atoms with Crippen LogP contribution in [-0.4, -0.2) is 17.6 Å². The second-order valence-corrected chi connectivity index (χ2v) is 10.7. The molecule has 0 unspecified atom stereocenters. The van der Waals surface area contributed by atoms with Gasteiger partial charge in [0, 0.05) is 10.5 Å². The van der Waals surface area contributed by atoms with Gasteiger partial charge in [-0.25, -0.2) is 9.78 Å². The Hall–Kier alpha value is -3.22. The van der Waals surface area contributed by atoms with E-state index in [1.807, 2.05) is 49.4 Å². The molecule has 3 rings (SSSR count). The highest BCUT2D eigenvalue weighted by Crippen LogP contribution is 2.29. The first kappa shape index (κ1) is 28.4. The lowest BCUT2D eigenvalue weighted by molar-refractivity contribution is -0.138. The summed E-state index contributed by atoms with van der Waals surface area (Å²) in [5.41, 5.74) is 11.4. The predicted octanol–water partition coefficient (Wildman–Crippen LogP) is 7.08. The van der Waals surface area contributed by atoms with Gasteiger partial charge < -0.3 is 15.2 Å². The van der Waals surface area contributed by atoms with Gasteiger partial charge in [-0.2, -0.15) is 0 Å². The van der Waals surface area contributed by atoms with E-state index >= 15 is 0 Å². The van der Waals surface area contributed by atoms with Crippen molar-refractivity contribution in [3.8, 4) is 5.75 Å². The Morgan fingerprint density at radius 3 is 2.38 bits per heavy atom. The molecule has 0 saturated heterocycles. The standard InChI is InChI=1S/C31H38N2O3S/c1-6-35-31(34)23(5)17-22(4)18-28-29(16-21(2)3)37-30(33-28)27(32)19-24-12-14-26(15-13-24)36-20-25-10-8-7-9-11-25/h7-15,17-18,21,27H,6,16,19-20,32H2,1-5H3/b22-18+,23-17-/t27-/m0/s1. The Kier molecular flexibility index (Phi) is 10.7. The number of benzene rings is 2. The first-order chi connectivity index (χ1) is 17.7. The van der Waals surface area contributed by atoms with Crippen LogP contribution in [0.1, 0.15) is 67.4 Å². The van der Waals surface area contributed by atoms with E-state index in [9.17, 15) is 4.79 Å². The van der Waals surface area contributed by atoms with Crippen LogP contribution < -0.4 is 10.5 Å². The van der Waals surface area contributed by atoms with E-state index in [1.54, 1.807) is 25.2 Å². The smallest absolute Gasteiger partial charge is 0.333 e. The largest absolute Gasteiger partial charge is 0.489 e. The van der Waals surface area contributed by atoms with Gasteiger partial charge in [-0.1, -0.05) is 56.3 Å². The quantitative estimate of drug-likeness (QED) is 0.158. The van der Waals surface area contributed by atoms with E-state index in [0.717, 1.165) is 39.6 Å². The molecule has 1 atom stereocenters. The van der Waals surface area contributed by atoms with E-state index in [-0.39, 0.29) is 12.0 Å². The second-order valence-electron chi connectivity index (χ2n) is 9.62. The fourth-order valence-electron chi connectivity index (χ4n) is 3.88. The molecule has 6 heteroatoms. The summed E-state index contributed by atoms with van der Waals surface area (Å²) in [6.45, 7) is 10.9. The van der Waals surface area contributed by atoms with Crippen LogP contribution in [0.25, 0.3) is 6.08 Å². The van der Waals surface area contributed by atoms with Crippen molar-refractivity contribution in [3.05, 3.63) is 98.5 Å². The van der Waals surface area contributed by atoms with Gasteiger partial charge in [0.15, 0.2) is 0 Å². The van der Waals surface area contributed by atoms with Gasteiger partial charge in [0.05, 0.1) is 18.3 Å². The molecular formula is C31H38N2O3S. The summed E-state index contributed by atoms with van der Waals surface area (Å²) < 4.78 is 11.0. The Morgan fingerprint density at radius 2 is 1.73 bits per heavy atom. The van der Waals surface area contributed by atoms with Gasteiger partial charge in [-0.3, -0.25) is 0 Å². The minimum atomic E-state index is -0.296. The number of allylic oxidation sites excluding steroid dienone is 2. The van der Waals surface area contributed by atoms with Crippen molar-refractivity contribution in [1.82, 2.24) is 4.98 Å². The van der Waals surface area contributed by atoms with Crippen molar-refractivity contribution >= 4 is 23.4 Å². The zero-order valence-corrected chi connectivity index (χ0v) is 23.3. The lowest BCUT2D eigenvalue weighted by Crippen LogP contribution is -2.13. The van der Waals surface area contributed by atoms with Crippen LogP contribution in [0.3, 0.4) is 0 Å². The van der Waals surface area contributed by atoms with Crippen LogP contribution in [-0.2, 0) is 29.0 Å². The highest BCUT2D eigenvalue weighted by Gasteiger charge is 2.17. The van der Waals surface area contributed by atoms with Crippen molar-refractivity contribution in [2.45, 2.75) is 60.1 Å². The second kappa shape index (κ2) is 13.9. The molecule has 0 radical (unpaired) electrons. The molecule has 5 nitrogen and oxygen atoms in total. The van der Waals surface area contributed by atoms with Crippen molar-refractivity contribution in [3.63, 3.8) is 0 Å². The molecule has 37 heavy (non-hydrogen) atoms. The summed E-state index contributed by atoms with van der Waals surface area (Å²) in [6.07, 6.45) is 5.50. The van der Waals surface area contributed by atoms with Gasteiger partial charge in [0.25, 0.3) is 0 Å². The van der Waals surface area contributed by atoms with Gasteiger partial charge >= 0.3 is 5.97 Å². The number of nitrogens with zero attached hydrogens (tertiary/aromatic N) is 1. The first-order valence-corrected chi connectivity index (χ1v) is 13.6. The van der Waals surface area contributed by atoms with E-state index in [1.165, 1.54) is 4.88 Å². The van der Waals surface area contributed by atoms with Crippen LogP contribution in [0.4, 0.5) is 0 Å². The van der Waals surface area contributed by atoms with Crippen molar-refractivity contribution in [2.24, 2.45) is 11.7 Å². The minimum absolute atomic E-state index is 0.203. The summed E-state index contributed by atoms with van der Waals surface area (Å²) in [4.78, 5) is 18.1. The normalized spacial score (nSPS) is 13.1. The Balaban J connectivity index is 1.70. The van der Waals surface area contributed by atoms with Gasteiger partial charge in [-0.15, -0.1) is 11.3 Å². The van der Waals surface area contributed by atoms with E-state index in [2.05, 4.69) is 38.1 Å². The third-order valence-electron chi connectivity index (χ3n) is 5.69. The van der Waals surface area contributed by atoms with Crippen molar-refractivity contribution in [1.29, 1.82) is 0 Å². The lowest BCUT2D eigenvalue weighted by Gasteiger charge is -2.10. The first-order valence-electron chi connectivity index (χ1n) is 12.8. The van der Waals surface area contributed by atoms with Crippen LogP contribution in [0.5, 0.6) is 5.75 Å². The van der Waals surface area contributed by atoms with E-state index in [0.29, 0.717) is 31.1 Å². The maximum absolute atomic E-state index is 12.0. The number of ether oxygens (including phenoxy) is 2. The molecule has 0 aliphatic carbocycles. The average Bonchev–Trinajstić information content (AvgIpc) is 3.25. The molecule has 0 amide bonds. The molecule has 0 bridgehead atoms. The van der Waals surface area contributed by atoms with Gasteiger partial charge in [-0.05, 0) is 80.5 Å². The molecule has 0 fully saturated rings. The number of hydrogen-bond donors (Lipinski definition) is 1. The third-order valence-corrected chi connectivity index (χ3v) is 6.91. The van der Waals surface area contributed by atoms with Crippen LogP contribution in [0, 0.1) is 5.92 Å². The molecule has 3 aromatic rings. The summed E-state index contributed by atoms with van der Waals surface area (Å²) in [6, 6.07) is 18.0. The fraction of sp³-hybridized carbons (Fsp3) is 0.355. The lowest BCUT2D eigenvalue weighted by atomic mass is 10.1.